The van der Waals surface area contributed by atoms with E-state index in [1.807, 2.05) is 6.92 Å². The average molecular weight is 108 g/mol. The molecule has 0 rings (SSSR count). The van der Waals surface area contributed by atoms with Gasteiger partial charge in [-0.05, 0) is 6.42 Å². The Morgan fingerprint density at radius 2 is 2.33 bits per heavy atom. The van der Waals surface area contributed by atoms with E-state index in [1.165, 1.54) is 0 Å². The van der Waals surface area contributed by atoms with Gasteiger partial charge in [0.05, 0.1) is 6.67 Å². The predicted octanol–water partition coefficient (Wildman–Crippen LogP) is 1.66. The third-order valence-electron chi connectivity index (χ3n) is 0.527. The minimum Gasteiger partial charge on any atom is -0.251 e. The van der Waals surface area contributed by atoms with Crippen molar-refractivity contribution in [3.05, 3.63) is 0 Å². The highest BCUT2D eigenvalue weighted by atomic mass is 32.1. The number of hydrogen-bond donors (Lipinski definition) is 1. The van der Waals surface area contributed by atoms with Gasteiger partial charge in [-0.15, -0.1) is 0 Å². The van der Waals surface area contributed by atoms with Crippen molar-refractivity contribution in [2.24, 2.45) is 0 Å². The van der Waals surface area contributed by atoms with Crippen LogP contribution in [-0.4, -0.2) is 11.9 Å². The SMILES string of the molecule is CC(S)CCF. The zero-order chi connectivity index (χ0) is 4.99. The van der Waals surface area contributed by atoms with Crippen LogP contribution in [0.1, 0.15) is 13.3 Å². The molecule has 0 aromatic rings. The number of thiol groups is 1. The summed E-state index contributed by atoms with van der Waals surface area (Å²) >= 11 is 3.94. The van der Waals surface area contributed by atoms with E-state index in [9.17, 15) is 4.39 Å². The Labute approximate surface area is 43.2 Å². The van der Waals surface area contributed by atoms with Gasteiger partial charge in [-0.3, -0.25) is 4.39 Å². The fraction of sp³-hybridized carbons (Fsp3) is 1.00. The van der Waals surface area contributed by atoms with Crippen molar-refractivity contribution in [1.82, 2.24) is 0 Å². The smallest absolute Gasteiger partial charge is 0.0904 e. The van der Waals surface area contributed by atoms with Gasteiger partial charge in [0, 0.05) is 5.25 Å². The van der Waals surface area contributed by atoms with E-state index in [2.05, 4.69) is 12.6 Å². The third-order valence-corrected chi connectivity index (χ3v) is 0.785. The van der Waals surface area contributed by atoms with Crippen molar-refractivity contribution in [3.8, 4) is 0 Å². The van der Waals surface area contributed by atoms with Crippen LogP contribution in [-0.2, 0) is 0 Å². The Kier molecular flexibility index (Phi) is 3.63. The maximum atomic E-state index is 11.2. The van der Waals surface area contributed by atoms with Gasteiger partial charge in [-0.1, -0.05) is 6.92 Å². The van der Waals surface area contributed by atoms with Crippen molar-refractivity contribution in [3.63, 3.8) is 0 Å². The van der Waals surface area contributed by atoms with Gasteiger partial charge in [0.2, 0.25) is 0 Å². The van der Waals surface area contributed by atoms with Gasteiger partial charge in [-0.25, -0.2) is 0 Å². The van der Waals surface area contributed by atoms with Crippen molar-refractivity contribution in [2.45, 2.75) is 18.6 Å². The predicted molar refractivity (Wildman–Crippen MR) is 29.0 cm³/mol. The van der Waals surface area contributed by atoms with Crippen LogP contribution >= 0.6 is 12.6 Å². The van der Waals surface area contributed by atoms with Crippen molar-refractivity contribution in [2.75, 3.05) is 6.67 Å². The molecule has 2 heteroatoms. The van der Waals surface area contributed by atoms with E-state index in [1.54, 1.807) is 0 Å². The summed E-state index contributed by atoms with van der Waals surface area (Å²) in [6.07, 6.45) is 0.573. The molecule has 0 aliphatic heterocycles. The van der Waals surface area contributed by atoms with Crippen LogP contribution in [0.15, 0.2) is 0 Å². The van der Waals surface area contributed by atoms with Gasteiger partial charge < -0.3 is 0 Å². The summed E-state index contributed by atoms with van der Waals surface area (Å²) < 4.78 is 11.2. The minimum atomic E-state index is -0.245. The summed E-state index contributed by atoms with van der Waals surface area (Å²) in [6.45, 7) is 1.63. The maximum Gasteiger partial charge on any atom is 0.0904 e. The molecule has 0 spiro atoms. The minimum absolute atomic E-state index is 0.218. The van der Waals surface area contributed by atoms with Crippen molar-refractivity contribution >= 4 is 12.6 Å². The second-order valence-corrected chi connectivity index (χ2v) is 2.21. The molecule has 6 heavy (non-hydrogen) atoms. The zero-order valence-corrected chi connectivity index (χ0v) is 4.71. The molecule has 0 aliphatic carbocycles. The molecule has 0 aromatic heterocycles. The number of alkyl halides is 1. The fourth-order valence-corrected chi connectivity index (χ4v) is 0.255. The second-order valence-electron chi connectivity index (χ2n) is 1.33. The monoisotopic (exact) mass is 108 g/mol. The lowest BCUT2D eigenvalue weighted by Gasteiger charge is -1.93. The largest absolute Gasteiger partial charge is 0.251 e. The van der Waals surface area contributed by atoms with Gasteiger partial charge in [0.15, 0.2) is 0 Å². The van der Waals surface area contributed by atoms with E-state index in [0.717, 1.165) is 0 Å². The second kappa shape index (κ2) is 3.47. The summed E-state index contributed by atoms with van der Waals surface area (Å²) in [6, 6.07) is 0. The van der Waals surface area contributed by atoms with Crippen molar-refractivity contribution < 1.29 is 4.39 Å². The molecular weight excluding hydrogens is 99.1 g/mol. The van der Waals surface area contributed by atoms with Crippen LogP contribution in [0.2, 0.25) is 0 Å². The standard InChI is InChI=1S/C4H9FS/c1-4(6)2-3-5/h4,6H,2-3H2,1H3. The van der Waals surface area contributed by atoms with Gasteiger partial charge >= 0.3 is 0 Å². The first kappa shape index (κ1) is 6.28. The fourth-order valence-electron chi connectivity index (χ4n) is 0.158. The molecule has 0 aromatic carbocycles. The molecule has 0 N–H and O–H groups in total. The highest BCUT2D eigenvalue weighted by Crippen LogP contribution is 1.97. The van der Waals surface area contributed by atoms with E-state index in [-0.39, 0.29) is 11.9 Å². The molecule has 0 aliphatic rings. The Bertz CT molecular complexity index is 28.7. The lowest BCUT2D eigenvalue weighted by atomic mass is 10.4. The molecule has 0 saturated heterocycles. The first-order chi connectivity index (χ1) is 2.77. The quantitative estimate of drug-likeness (QED) is 0.511. The molecule has 0 amide bonds. The van der Waals surface area contributed by atoms with E-state index >= 15 is 0 Å². The normalized spacial score (nSPS) is 14.5. The van der Waals surface area contributed by atoms with Gasteiger partial charge in [0.1, 0.15) is 0 Å². The lowest BCUT2D eigenvalue weighted by molar-refractivity contribution is 0.473. The number of hydrogen-bond acceptors (Lipinski definition) is 1. The highest BCUT2D eigenvalue weighted by Gasteiger charge is 1.88. The Morgan fingerprint density at radius 3 is 2.33 bits per heavy atom. The zero-order valence-electron chi connectivity index (χ0n) is 3.82. The Hall–Kier alpha value is 0.280. The van der Waals surface area contributed by atoms with Crippen LogP contribution < -0.4 is 0 Å². The average Bonchev–Trinajstić information content (AvgIpc) is 1.35. The summed E-state index contributed by atoms with van der Waals surface area (Å²) in [7, 11) is 0. The van der Waals surface area contributed by atoms with Crippen LogP contribution in [0.25, 0.3) is 0 Å². The summed E-state index contributed by atoms with van der Waals surface area (Å²) in [5.41, 5.74) is 0. The number of halogens is 1. The first-order valence-electron chi connectivity index (χ1n) is 2.01. The molecule has 0 heterocycles. The van der Waals surface area contributed by atoms with Crippen molar-refractivity contribution in [1.29, 1.82) is 0 Å². The molecule has 0 saturated carbocycles. The first-order valence-corrected chi connectivity index (χ1v) is 2.53. The van der Waals surface area contributed by atoms with Gasteiger partial charge in [0.25, 0.3) is 0 Å². The lowest BCUT2D eigenvalue weighted by Crippen LogP contribution is -1.89. The van der Waals surface area contributed by atoms with Crippen LogP contribution in [0.5, 0.6) is 0 Å². The third kappa shape index (κ3) is 4.28. The molecule has 1 unspecified atom stereocenters. The molecule has 0 bridgehead atoms. The molecule has 38 valence electrons. The van der Waals surface area contributed by atoms with E-state index < -0.39 is 0 Å². The highest BCUT2D eigenvalue weighted by molar-refractivity contribution is 7.80. The molecule has 0 fully saturated rings. The molecule has 1 atom stereocenters. The molecular formula is C4H9FS. The topological polar surface area (TPSA) is 0 Å². The summed E-state index contributed by atoms with van der Waals surface area (Å²) in [5, 5.41) is 0.218. The maximum absolute atomic E-state index is 11.2. The number of rotatable bonds is 2. The van der Waals surface area contributed by atoms with Gasteiger partial charge in [-0.2, -0.15) is 12.6 Å². The van der Waals surface area contributed by atoms with Crippen LogP contribution in [0, 0.1) is 0 Å². The Morgan fingerprint density at radius 1 is 1.83 bits per heavy atom. The van der Waals surface area contributed by atoms with Crippen LogP contribution in [0.4, 0.5) is 4.39 Å². The van der Waals surface area contributed by atoms with E-state index in [4.69, 9.17) is 0 Å². The van der Waals surface area contributed by atoms with Crippen LogP contribution in [0.3, 0.4) is 0 Å². The van der Waals surface area contributed by atoms with E-state index in [0.29, 0.717) is 6.42 Å². The summed E-state index contributed by atoms with van der Waals surface area (Å²) in [5.74, 6) is 0. The molecule has 0 radical (unpaired) electrons. The summed E-state index contributed by atoms with van der Waals surface area (Å²) in [4.78, 5) is 0. The Balaban J connectivity index is 2.63. The molecule has 0 nitrogen and oxygen atoms in total.